The first-order valence-electron chi connectivity index (χ1n) is 10.1. The van der Waals surface area contributed by atoms with Gasteiger partial charge in [0.15, 0.2) is 0 Å². The number of ether oxygens (including phenoxy) is 1. The van der Waals surface area contributed by atoms with Crippen LogP contribution in [0.2, 0.25) is 0 Å². The Balaban J connectivity index is 2.15. The van der Waals surface area contributed by atoms with E-state index in [1.54, 1.807) is 26.3 Å². The number of benzene rings is 1. The van der Waals surface area contributed by atoms with Gasteiger partial charge in [0.1, 0.15) is 17.5 Å². The number of hydroxylamine groups is 1. The molecule has 0 radical (unpaired) electrons. The van der Waals surface area contributed by atoms with Crippen molar-refractivity contribution in [3.05, 3.63) is 30.1 Å². The van der Waals surface area contributed by atoms with Gasteiger partial charge in [0.25, 0.3) is 5.91 Å². The number of rotatable bonds is 9. The standard InChI is InChI=1S/C21H32N4O4/c1-5-6-9-14-25-17-11-8-7-10-15(17)22-18(25)13-12-16(19(26)24-28)23-20(27)29-21(2,3)4/h7-8,10-11,16,28H,5-6,9,12-14H2,1-4H3,(H,23,27)(H,24,26)/t16-/m0/s1. The molecule has 160 valence electrons. The average molecular weight is 405 g/mol. The smallest absolute Gasteiger partial charge is 0.408 e. The molecule has 1 aromatic carbocycles. The molecule has 1 aromatic heterocycles. The fourth-order valence-electron chi connectivity index (χ4n) is 3.16. The van der Waals surface area contributed by atoms with E-state index in [1.807, 2.05) is 24.3 Å². The highest BCUT2D eigenvalue weighted by atomic mass is 16.6. The second kappa shape index (κ2) is 10.2. The summed E-state index contributed by atoms with van der Waals surface area (Å²) >= 11 is 0. The first-order chi connectivity index (χ1) is 13.7. The Labute approximate surface area is 171 Å². The van der Waals surface area contributed by atoms with Crippen molar-refractivity contribution in [1.82, 2.24) is 20.3 Å². The van der Waals surface area contributed by atoms with E-state index in [0.717, 1.165) is 42.7 Å². The van der Waals surface area contributed by atoms with Gasteiger partial charge in [0.2, 0.25) is 0 Å². The summed E-state index contributed by atoms with van der Waals surface area (Å²) in [7, 11) is 0. The van der Waals surface area contributed by atoms with Crippen LogP contribution in [0.15, 0.2) is 24.3 Å². The molecular weight excluding hydrogens is 372 g/mol. The minimum absolute atomic E-state index is 0.280. The summed E-state index contributed by atoms with van der Waals surface area (Å²) in [6, 6.07) is 7.00. The third-order valence-corrected chi connectivity index (χ3v) is 4.49. The lowest BCUT2D eigenvalue weighted by molar-refractivity contribution is -0.131. The summed E-state index contributed by atoms with van der Waals surface area (Å²) in [6.07, 6.45) is 3.34. The molecular formula is C21H32N4O4. The Morgan fingerprint density at radius 3 is 2.62 bits per heavy atom. The van der Waals surface area contributed by atoms with Crippen molar-refractivity contribution in [2.75, 3.05) is 0 Å². The van der Waals surface area contributed by atoms with Crippen molar-refractivity contribution in [2.45, 2.75) is 78.0 Å². The van der Waals surface area contributed by atoms with Gasteiger partial charge in [-0.2, -0.15) is 0 Å². The van der Waals surface area contributed by atoms with Gasteiger partial charge in [-0.1, -0.05) is 31.9 Å². The van der Waals surface area contributed by atoms with Crippen LogP contribution in [0.1, 0.15) is 59.2 Å². The van der Waals surface area contributed by atoms with Crippen LogP contribution in [-0.2, 0) is 22.5 Å². The van der Waals surface area contributed by atoms with Crippen LogP contribution >= 0.6 is 0 Å². The van der Waals surface area contributed by atoms with E-state index < -0.39 is 23.6 Å². The van der Waals surface area contributed by atoms with E-state index in [-0.39, 0.29) is 6.42 Å². The average Bonchev–Trinajstić information content (AvgIpc) is 3.01. The second-order valence-electron chi connectivity index (χ2n) is 8.09. The maximum Gasteiger partial charge on any atom is 0.408 e. The van der Waals surface area contributed by atoms with Gasteiger partial charge in [0.05, 0.1) is 11.0 Å². The number of aromatic nitrogens is 2. The molecule has 0 spiro atoms. The van der Waals surface area contributed by atoms with Crippen molar-refractivity contribution in [3.8, 4) is 0 Å². The van der Waals surface area contributed by atoms with Crippen LogP contribution in [0.4, 0.5) is 4.79 Å². The number of hydrogen-bond donors (Lipinski definition) is 3. The number of alkyl carbamates (subject to hydrolysis) is 1. The van der Waals surface area contributed by atoms with Gasteiger partial charge in [-0.3, -0.25) is 10.0 Å². The van der Waals surface area contributed by atoms with Crippen LogP contribution < -0.4 is 10.8 Å². The van der Waals surface area contributed by atoms with Crippen molar-refractivity contribution < 1.29 is 19.5 Å². The maximum absolute atomic E-state index is 12.1. The molecule has 2 amide bonds. The molecule has 0 aliphatic rings. The predicted molar refractivity (Wildman–Crippen MR) is 111 cm³/mol. The molecule has 2 aromatic rings. The SMILES string of the molecule is CCCCCn1c(CC[C@H](NC(=O)OC(C)(C)C)C(=O)NO)nc2ccccc21. The molecule has 1 heterocycles. The van der Waals surface area contributed by atoms with E-state index in [1.165, 1.54) is 0 Å². The summed E-state index contributed by atoms with van der Waals surface area (Å²) in [5.41, 5.74) is 2.90. The summed E-state index contributed by atoms with van der Waals surface area (Å²) in [5.74, 6) is 0.161. The largest absolute Gasteiger partial charge is 0.444 e. The lowest BCUT2D eigenvalue weighted by Gasteiger charge is -2.22. The topological polar surface area (TPSA) is 105 Å². The highest BCUT2D eigenvalue weighted by Gasteiger charge is 2.25. The molecule has 1 atom stereocenters. The van der Waals surface area contributed by atoms with Crippen LogP contribution in [0.5, 0.6) is 0 Å². The highest BCUT2D eigenvalue weighted by Crippen LogP contribution is 2.19. The van der Waals surface area contributed by atoms with Gasteiger partial charge in [-0.25, -0.2) is 15.3 Å². The minimum Gasteiger partial charge on any atom is -0.444 e. The number of hydrogen-bond acceptors (Lipinski definition) is 5. The van der Waals surface area contributed by atoms with Crippen molar-refractivity contribution >= 4 is 23.0 Å². The number of carbonyl (C=O) groups is 2. The molecule has 0 aliphatic heterocycles. The lowest BCUT2D eigenvalue weighted by Crippen LogP contribution is -2.47. The maximum atomic E-state index is 12.1. The van der Waals surface area contributed by atoms with Gasteiger partial charge in [0, 0.05) is 13.0 Å². The van der Waals surface area contributed by atoms with Crippen LogP contribution in [0.3, 0.4) is 0 Å². The molecule has 0 saturated carbocycles. The third-order valence-electron chi connectivity index (χ3n) is 4.49. The fraction of sp³-hybridized carbons (Fsp3) is 0.571. The van der Waals surface area contributed by atoms with Crippen molar-refractivity contribution in [2.24, 2.45) is 0 Å². The number of unbranched alkanes of at least 4 members (excludes halogenated alkanes) is 2. The Morgan fingerprint density at radius 1 is 1.24 bits per heavy atom. The molecule has 0 bridgehead atoms. The van der Waals surface area contributed by atoms with Crippen molar-refractivity contribution in [1.29, 1.82) is 0 Å². The molecule has 0 fully saturated rings. The van der Waals surface area contributed by atoms with Crippen molar-refractivity contribution in [3.63, 3.8) is 0 Å². The quantitative estimate of drug-likeness (QED) is 0.337. The molecule has 0 unspecified atom stereocenters. The van der Waals surface area contributed by atoms with Gasteiger partial charge >= 0.3 is 6.09 Å². The predicted octanol–water partition coefficient (Wildman–Crippen LogP) is 3.56. The Kier molecular flexibility index (Phi) is 8.01. The number of para-hydroxylation sites is 2. The molecule has 8 nitrogen and oxygen atoms in total. The highest BCUT2D eigenvalue weighted by molar-refractivity contribution is 5.84. The van der Waals surface area contributed by atoms with Gasteiger partial charge in [-0.15, -0.1) is 0 Å². The molecule has 29 heavy (non-hydrogen) atoms. The molecule has 0 aliphatic carbocycles. The zero-order valence-electron chi connectivity index (χ0n) is 17.7. The first kappa shape index (κ1) is 22.7. The molecule has 0 saturated heterocycles. The van der Waals surface area contributed by atoms with Crippen LogP contribution in [-0.4, -0.2) is 38.4 Å². The lowest BCUT2D eigenvalue weighted by atomic mass is 10.1. The van der Waals surface area contributed by atoms with E-state index in [9.17, 15) is 9.59 Å². The number of fused-ring (bicyclic) bond motifs is 1. The number of nitrogens with zero attached hydrogens (tertiary/aromatic N) is 2. The number of imidazole rings is 1. The van der Waals surface area contributed by atoms with Crippen LogP contribution in [0, 0.1) is 0 Å². The minimum atomic E-state index is -0.932. The number of amides is 2. The Morgan fingerprint density at radius 2 is 1.97 bits per heavy atom. The first-order valence-corrected chi connectivity index (χ1v) is 10.1. The van der Waals surface area contributed by atoms with E-state index in [2.05, 4.69) is 16.8 Å². The summed E-state index contributed by atoms with van der Waals surface area (Å²) in [6.45, 7) is 8.23. The van der Waals surface area contributed by atoms with Gasteiger partial charge < -0.3 is 14.6 Å². The summed E-state index contributed by atoms with van der Waals surface area (Å²) in [4.78, 5) is 28.8. The zero-order valence-corrected chi connectivity index (χ0v) is 17.7. The normalized spacial score (nSPS) is 12.6. The second-order valence-corrected chi connectivity index (χ2v) is 8.09. The van der Waals surface area contributed by atoms with E-state index in [0.29, 0.717) is 6.42 Å². The van der Waals surface area contributed by atoms with E-state index in [4.69, 9.17) is 14.9 Å². The zero-order chi connectivity index (χ0) is 21.4. The van der Waals surface area contributed by atoms with E-state index >= 15 is 0 Å². The Hall–Kier alpha value is -2.61. The molecule has 2 rings (SSSR count). The summed E-state index contributed by atoms with van der Waals surface area (Å²) in [5, 5.41) is 11.6. The fourth-order valence-corrected chi connectivity index (χ4v) is 3.16. The Bertz CT molecular complexity index is 826. The number of carbonyl (C=O) groups excluding carboxylic acids is 2. The third kappa shape index (κ3) is 6.74. The van der Waals surface area contributed by atoms with Crippen LogP contribution in [0.25, 0.3) is 11.0 Å². The number of nitrogens with one attached hydrogen (secondary N) is 2. The molecule has 8 heteroatoms. The number of aryl methyl sites for hydroxylation is 2. The van der Waals surface area contributed by atoms with Gasteiger partial charge in [-0.05, 0) is 45.7 Å². The molecule has 3 N–H and O–H groups in total. The summed E-state index contributed by atoms with van der Waals surface area (Å²) < 4.78 is 7.39. The monoisotopic (exact) mass is 404 g/mol.